The van der Waals surface area contributed by atoms with Crippen LogP contribution in [0.1, 0.15) is 18.2 Å². The van der Waals surface area contributed by atoms with E-state index < -0.39 is 22.7 Å². The number of halogens is 3. The highest BCUT2D eigenvalue weighted by molar-refractivity contribution is 7.85. The lowest BCUT2D eigenvalue weighted by Crippen LogP contribution is -2.08. The maximum Gasteiger partial charge on any atom is 0.435 e. The second-order valence-corrected chi connectivity index (χ2v) is 8.12. The Labute approximate surface area is 166 Å². The van der Waals surface area contributed by atoms with Gasteiger partial charge in [0.1, 0.15) is 17.0 Å². The van der Waals surface area contributed by atoms with Crippen molar-refractivity contribution in [1.29, 1.82) is 0 Å². The molecule has 29 heavy (non-hydrogen) atoms. The van der Waals surface area contributed by atoms with E-state index >= 15 is 0 Å². The van der Waals surface area contributed by atoms with E-state index in [1.807, 2.05) is 29.7 Å². The van der Waals surface area contributed by atoms with Gasteiger partial charge in [-0.2, -0.15) is 18.3 Å². The van der Waals surface area contributed by atoms with Crippen molar-refractivity contribution in [3.63, 3.8) is 0 Å². The number of nitrogens with zero attached hydrogens (tertiary/aromatic N) is 5. The van der Waals surface area contributed by atoms with E-state index in [9.17, 15) is 17.4 Å². The number of pyridine rings is 2. The summed E-state index contributed by atoms with van der Waals surface area (Å²) in [6, 6.07) is 6.28. The number of alkyl halides is 3. The molecule has 0 aromatic carbocycles. The van der Waals surface area contributed by atoms with Gasteiger partial charge >= 0.3 is 6.18 Å². The van der Waals surface area contributed by atoms with E-state index in [4.69, 9.17) is 0 Å². The van der Waals surface area contributed by atoms with Gasteiger partial charge in [0.2, 0.25) is 0 Å². The van der Waals surface area contributed by atoms with Crippen LogP contribution in [0.2, 0.25) is 0 Å². The molecule has 4 aromatic rings. The zero-order valence-corrected chi connectivity index (χ0v) is 16.3. The van der Waals surface area contributed by atoms with Crippen LogP contribution < -0.4 is 0 Å². The van der Waals surface area contributed by atoms with Crippen LogP contribution >= 0.6 is 0 Å². The lowest BCUT2D eigenvalue weighted by atomic mass is 10.3. The first kappa shape index (κ1) is 19.3. The first-order valence-corrected chi connectivity index (χ1v) is 10.1. The highest BCUT2D eigenvalue weighted by Gasteiger charge is 2.33. The first-order chi connectivity index (χ1) is 13.8. The van der Waals surface area contributed by atoms with Crippen molar-refractivity contribution in [2.75, 3.05) is 5.75 Å². The molecule has 0 saturated carbocycles. The van der Waals surface area contributed by atoms with E-state index in [1.165, 1.54) is 12.4 Å². The van der Waals surface area contributed by atoms with Crippen LogP contribution in [0.25, 0.3) is 22.7 Å². The topological polar surface area (TPSA) is 65.1 Å². The molecule has 0 fully saturated rings. The van der Waals surface area contributed by atoms with Crippen LogP contribution in [0.3, 0.4) is 0 Å². The fraction of sp³-hybridized carbons (Fsp3) is 0.211. The molecular weight excluding hydrogens is 403 g/mol. The van der Waals surface area contributed by atoms with Crippen LogP contribution in [-0.4, -0.2) is 34.1 Å². The Kier molecular flexibility index (Phi) is 4.73. The minimum atomic E-state index is -4.54. The maximum atomic E-state index is 12.8. The molecule has 0 aliphatic heterocycles. The molecule has 0 amide bonds. The fourth-order valence-corrected chi connectivity index (χ4v) is 3.83. The van der Waals surface area contributed by atoms with Crippen LogP contribution in [-0.2, 0) is 17.0 Å². The molecule has 0 aliphatic rings. The van der Waals surface area contributed by atoms with Crippen molar-refractivity contribution in [2.45, 2.75) is 24.9 Å². The van der Waals surface area contributed by atoms with E-state index in [-0.39, 0.29) is 0 Å². The number of imidazole rings is 1. The summed E-state index contributed by atoms with van der Waals surface area (Å²) in [5.74, 6) is 0.331. The summed E-state index contributed by atoms with van der Waals surface area (Å²) in [4.78, 5) is 9.32. The minimum absolute atomic E-state index is 0.292. The van der Waals surface area contributed by atoms with E-state index in [0.29, 0.717) is 27.7 Å². The largest absolute Gasteiger partial charge is 0.435 e. The number of aryl methyl sites for hydroxylation is 1. The summed E-state index contributed by atoms with van der Waals surface area (Å²) in [6.07, 6.45) is 1.71. The average Bonchev–Trinajstić information content (AvgIpc) is 3.33. The molecule has 0 N–H and O–H groups in total. The third-order valence-corrected chi connectivity index (χ3v) is 5.67. The lowest BCUT2D eigenvalue weighted by Gasteiger charge is -2.09. The Balaban J connectivity index is 1.82. The van der Waals surface area contributed by atoms with E-state index in [0.717, 1.165) is 22.0 Å². The van der Waals surface area contributed by atoms with Gasteiger partial charge in [0.15, 0.2) is 5.69 Å². The molecule has 1 unspecified atom stereocenters. The quantitative estimate of drug-likeness (QED) is 0.501. The summed E-state index contributed by atoms with van der Waals surface area (Å²) in [5.41, 5.74) is 2.03. The summed E-state index contributed by atoms with van der Waals surface area (Å²) < 4.78 is 54.1. The van der Waals surface area contributed by atoms with E-state index in [2.05, 4.69) is 15.1 Å². The Morgan fingerprint density at radius 3 is 2.66 bits per heavy atom. The van der Waals surface area contributed by atoms with Gasteiger partial charge in [-0.05, 0) is 36.8 Å². The zero-order chi connectivity index (χ0) is 20.8. The number of fused-ring (bicyclic) bond motifs is 1. The van der Waals surface area contributed by atoms with Gasteiger partial charge in [0, 0.05) is 24.3 Å². The molecule has 0 bridgehead atoms. The van der Waals surface area contributed by atoms with Crippen molar-refractivity contribution in [2.24, 2.45) is 0 Å². The molecule has 0 spiro atoms. The zero-order valence-electron chi connectivity index (χ0n) is 15.5. The van der Waals surface area contributed by atoms with Gasteiger partial charge in [-0.1, -0.05) is 6.92 Å². The lowest BCUT2D eigenvalue weighted by molar-refractivity contribution is -0.141. The van der Waals surface area contributed by atoms with E-state index in [1.54, 1.807) is 19.2 Å². The van der Waals surface area contributed by atoms with Crippen molar-refractivity contribution in [3.8, 4) is 17.1 Å². The summed E-state index contributed by atoms with van der Waals surface area (Å²) in [5, 5.41) is 3.56. The smallest absolute Gasteiger partial charge is 0.306 e. The molecule has 4 aromatic heterocycles. The van der Waals surface area contributed by atoms with Gasteiger partial charge in [0.05, 0.1) is 27.6 Å². The standard InChI is InChI=1S/C19H16F3N5OS/c1-3-29(28)15-9-13(27-7-5-16(25-27)19(20,21)22)10-23-18(15)14-11-26-6-4-12(2)8-17(26)24-14/h4-11H,3H2,1-2H3. The second-order valence-electron chi connectivity index (χ2n) is 6.41. The van der Waals surface area contributed by atoms with Gasteiger partial charge in [-0.3, -0.25) is 9.19 Å². The highest BCUT2D eigenvalue weighted by atomic mass is 32.2. The SMILES string of the molecule is CCS(=O)c1cc(-n2ccc(C(F)(F)F)n2)cnc1-c1cn2ccc(C)cc2n1. The molecular formula is C19H16F3N5OS. The number of aromatic nitrogens is 5. The monoisotopic (exact) mass is 419 g/mol. The molecule has 0 radical (unpaired) electrons. The van der Waals surface area contributed by atoms with Crippen molar-refractivity contribution >= 4 is 16.4 Å². The Morgan fingerprint density at radius 1 is 1.17 bits per heavy atom. The number of hydrogen-bond acceptors (Lipinski definition) is 4. The summed E-state index contributed by atoms with van der Waals surface area (Å²) >= 11 is 0. The fourth-order valence-electron chi connectivity index (χ4n) is 2.90. The van der Waals surface area contributed by atoms with Gasteiger partial charge in [-0.15, -0.1) is 0 Å². The third-order valence-electron chi connectivity index (χ3n) is 4.35. The van der Waals surface area contributed by atoms with Crippen LogP contribution in [0.5, 0.6) is 0 Å². The average molecular weight is 419 g/mol. The van der Waals surface area contributed by atoms with Crippen LogP contribution in [0.15, 0.2) is 53.9 Å². The van der Waals surface area contributed by atoms with Crippen LogP contribution in [0, 0.1) is 6.92 Å². The Hall–Kier alpha value is -3.01. The third kappa shape index (κ3) is 3.67. The van der Waals surface area contributed by atoms with Crippen molar-refractivity contribution in [1.82, 2.24) is 24.1 Å². The van der Waals surface area contributed by atoms with Crippen molar-refractivity contribution < 1.29 is 17.4 Å². The Morgan fingerprint density at radius 2 is 1.97 bits per heavy atom. The molecule has 10 heteroatoms. The normalized spacial score (nSPS) is 13.1. The number of rotatable bonds is 4. The Bertz CT molecular complexity index is 1230. The highest BCUT2D eigenvalue weighted by Crippen LogP contribution is 2.29. The second kappa shape index (κ2) is 7.11. The molecule has 4 rings (SSSR count). The first-order valence-electron chi connectivity index (χ1n) is 8.73. The maximum absolute atomic E-state index is 12.8. The molecule has 6 nitrogen and oxygen atoms in total. The molecule has 0 aliphatic carbocycles. The molecule has 0 saturated heterocycles. The molecule has 4 heterocycles. The molecule has 150 valence electrons. The molecule has 1 atom stereocenters. The summed E-state index contributed by atoms with van der Waals surface area (Å²) in [6.45, 7) is 3.72. The predicted molar refractivity (Wildman–Crippen MR) is 102 cm³/mol. The van der Waals surface area contributed by atoms with Gasteiger partial charge in [0.25, 0.3) is 0 Å². The number of hydrogen-bond donors (Lipinski definition) is 0. The predicted octanol–water partition coefficient (Wildman–Crippen LogP) is 4.04. The van der Waals surface area contributed by atoms with Crippen molar-refractivity contribution in [3.05, 3.63) is 60.3 Å². The van der Waals surface area contributed by atoms with Gasteiger partial charge < -0.3 is 4.40 Å². The van der Waals surface area contributed by atoms with Gasteiger partial charge in [-0.25, -0.2) is 9.67 Å². The van der Waals surface area contributed by atoms with Crippen LogP contribution in [0.4, 0.5) is 13.2 Å². The summed E-state index contributed by atoms with van der Waals surface area (Å²) in [7, 11) is -1.40. The minimum Gasteiger partial charge on any atom is -0.306 e.